The number of benzene rings is 1. The van der Waals surface area contributed by atoms with Crippen molar-refractivity contribution >= 4 is 18.3 Å². The number of carbonyl (C=O) groups is 1. The third-order valence-electron chi connectivity index (χ3n) is 5.25. The van der Waals surface area contributed by atoms with Gasteiger partial charge in [0.2, 0.25) is 5.91 Å². The highest BCUT2D eigenvalue weighted by atomic mass is 35.5. The summed E-state index contributed by atoms with van der Waals surface area (Å²) in [4.78, 5) is 12.8. The van der Waals surface area contributed by atoms with Gasteiger partial charge in [-0.2, -0.15) is 0 Å². The predicted molar refractivity (Wildman–Crippen MR) is 87.5 cm³/mol. The van der Waals surface area contributed by atoms with Gasteiger partial charge in [0.15, 0.2) is 0 Å². The van der Waals surface area contributed by atoms with Gasteiger partial charge in [-0.1, -0.05) is 43.2 Å². The summed E-state index contributed by atoms with van der Waals surface area (Å²) in [5.74, 6) is 0.687. The van der Waals surface area contributed by atoms with Gasteiger partial charge in [-0.05, 0) is 43.7 Å². The largest absolute Gasteiger partial charge is 0.352 e. The molecule has 2 atom stereocenters. The molecule has 0 aromatic heterocycles. The molecule has 2 unspecified atom stereocenters. The monoisotopic (exact) mass is 308 g/mol. The fourth-order valence-electron chi connectivity index (χ4n) is 3.75. The van der Waals surface area contributed by atoms with Gasteiger partial charge >= 0.3 is 0 Å². The minimum atomic E-state index is -0.275. The maximum absolute atomic E-state index is 12.8. The smallest absolute Gasteiger partial charge is 0.230 e. The first-order valence-corrected chi connectivity index (χ1v) is 7.83. The SMILES string of the molecule is Cl.NCC1CCCC1NC(=O)C1(c2ccccc2)CCC1. The molecule has 0 bridgehead atoms. The number of hydrogen-bond acceptors (Lipinski definition) is 2. The highest BCUT2D eigenvalue weighted by Gasteiger charge is 2.46. The standard InChI is InChI=1S/C17H24N2O.ClH/c18-12-13-6-4-9-15(13)19-16(20)17(10-5-11-17)14-7-2-1-3-8-14;/h1-3,7-8,13,15H,4-6,9-12,18H2,(H,19,20);1H. The zero-order valence-electron chi connectivity index (χ0n) is 12.4. The molecule has 1 aromatic rings. The van der Waals surface area contributed by atoms with Crippen LogP contribution in [-0.2, 0) is 10.2 Å². The first-order chi connectivity index (χ1) is 9.76. The fourth-order valence-corrected chi connectivity index (χ4v) is 3.75. The van der Waals surface area contributed by atoms with Crippen LogP contribution in [0.3, 0.4) is 0 Å². The van der Waals surface area contributed by atoms with Crippen molar-refractivity contribution < 1.29 is 4.79 Å². The lowest BCUT2D eigenvalue weighted by Crippen LogP contribution is -2.53. The van der Waals surface area contributed by atoms with Crippen LogP contribution in [0.25, 0.3) is 0 Å². The average molecular weight is 309 g/mol. The van der Waals surface area contributed by atoms with Crippen molar-refractivity contribution in [3.63, 3.8) is 0 Å². The molecule has 3 rings (SSSR count). The Labute approximate surface area is 133 Å². The van der Waals surface area contributed by atoms with Crippen molar-refractivity contribution in [2.45, 2.75) is 50.0 Å². The minimum Gasteiger partial charge on any atom is -0.352 e. The lowest BCUT2D eigenvalue weighted by Gasteiger charge is -2.41. The number of amides is 1. The summed E-state index contributed by atoms with van der Waals surface area (Å²) in [5, 5.41) is 3.30. The van der Waals surface area contributed by atoms with E-state index in [4.69, 9.17) is 5.73 Å². The molecule has 3 nitrogen and oxygen atoms in total. The second-order valence-corrected chi connectivity index (χ2v) is 6.31. The molecule has 3 N–H and O–H groups in total. The number of nitrogens with two attached hydrogens (primary N) is 1. The molecule has 2 aliphatic rings. The second-order valence-electron chi connectivity index (χ2n) is 6.31. The number of carbonyl (C=O) groups excluding carboxylic acids is 1. The van der Waals surface area contributed by atoms with Crippen LogP contribution in [0.5, 0.6) is 0 Å². The highest BCUT2D eigenvalue weighted by molar-refractivity contribution is 5.89. The van der Waals surface area contributed by atoms with Gasteiger partial charge in [-0.3, -0.25) is 4.79 Å². The molecule has 0 saturated heterocycles. The van der Waals surface area contributed by atoms with Crippen LogP contribution in [0, 0.1) is 5.92 Å². The number of hydrogen-bond donors (Lipinski definition) is 2. The molecule has 2 fully saturated rings. The van der Waals surface area contributed by atoms with Crippen molar-refractivity contribution in [3.05, 3.63) is 35.9 Å². The summed E-state index contributed by atoms with van der Waals surface area (Å²) in [6, 6.07) is 10.5. The molecule has 21 heavy (non-hydrogen) atoms. The first-order valence-electron chi connectivity index (χ1n) is 7.83. The van der Waals surface area contributed by atoms with Crippen LogP contribution in [0.1, 0.15) is 44.1 Å². The van der Waals surface area contributed by atoms with E-state index >= 15 is 0 Å². The van der Waals surface area contributed by atoms with Crippen LogP contribution < -0.4 is 11.1 Å². The minimum absolute atomic E-state index is 0. The normalized spacial score (nSPS) is 26.5. The van der Waals surface area contributed by atoms with E-state index in [0.717, 1.165) is 32.1 Å². The molecule has 116 valence electrons. The zero-order valence-corrected chi connectivity index (χ0v) is 13.2. The topological polar surface area (TPSA) is 55.1 Å². The molecule has 2 aliphatic carbocycles. The van der Waals surface area contributed by atoms with Crippen molar-refractivity contribution in [3.8, 4) is 0 Å². The molecule has 0 aliphatic heterocycles. The lowest BCUT2D eigenvalue weighted by molar-refractivity contribution is -0.130. The molecule has 2 saturated carbocycles. The fraction of sp³-hybridized carbons (Fsp3) is 0.588. The van der Waals surface area contributed by atoms with E-state index in [0.29, 0.717) is 12.5 Å². The Morgan fingerprint density at radius 1 is 1.19 bits per heavy atom. The molecule has 0 spiro atoms. The zero-order chi connectivity index (χ0) is 14.0. The maximum atomic E-state index is 12.8. The Morgan fingerprint density at radius 2 is 1.90 bits per heavy atom. The second kappa shape index (κ2) is 6.80. The van der Waals surface area contributed by atoms with E-state index in [2.05, 4.69) is 17.4 Å². The van der Waals surface area contributed by atoms with Gasteiger partial charge in [0.25, 0.3) is 0 Å². The Balaban J connectivity index is 0.00000161. The van der Waals surface area contributed by atoms with E-state index in [-0.39, 0.29) is 29.8 Å². The molecular weight excluding hydrogens is 284 g/mol. The quantitative estimate of drug-likeness (QED) is 0.898. The molecule has 4 heteroatoms. The Morgan fingerprint density at radius 3 is 2.48 bits per heavy atom. The summed E-state index contributed by atoms with van der Waals surface area (Å²) >= 11 is 0. The number of rotatable bonds is 4. The summed E-state index contributed by atoms with van der Waals surface area (Å²) < 4.78 is 0. The van der Waals surface area contributed by atoms with Gasteiger partial charge in [0, 0.05) is 6.04 Å². The van der Waals surface area contributed by atoms with Crippen molar-refractivity contribution in [1.82, 2.24) is 5.32 Å². The third-order valence-corrected chi connectivity index (χ3v) is 5.25. The Hall–Kier alpha value is -1.06. The number of nitrogens with one attached hydrogen (secondary N) is 1. The summed E-state index contributed by atoms with van der Waals surface area (Å²) in [7, 11) is 0. The molecular formula is C17H25ClN2O. The maximum Gasteiger partial charge on any atom is 0.230 e. The predicted octanol–water partition coefficient (Wildman–Crippen LogP) is 2.77. The van der Waals surface area contributed by atoms with E-state index in [1.807, 2.05) is 18.2 Å². The van der Waals surface area contributed by atoms with Crippen LogP contribution in [-0.4, -0.2) is 18.5 Å². The first kappa shape index (κ1) is 16.3. The van der Waals surface area contributed by atoms with E-state index in [9.17, 15) is 4.79 Å². The third kappa shape index (κ3) is 2.95. The van der Waals surface area contributed by atoms with Gasteiger partial charge in [0.05, 0.1) is 5.41 Å². The van der Waals surface area contributed by atoms with E-state index in [1.54, 1.807) is 0 Å². The summed E-state index contributed by atoms with van der Waals surface area (Å²) in [6.45, 7) is 0.684. The van der Waals surface area contributed by atoms with Crippen LogP contribution in [0.4, 0.5) is 0 Å². The van der Waals surface area contributed by atoms with Crippen molar-refractivity contribution in [2.24, 2.45) is 11.7 Å². The summed E-state index contributed by atoms with van der Waals surface area (Å²) in [6.07, 6.45) is 6.52. The van der Waals surface area contributed by atoms with E-state index < -0.39 is 0 Å². The molecule has 0 heterocycles. The summed E-state index contributed by atoms with van der Waals surface area (Å²) in [5.41, 5.74) is 6.71. The van der Waals surface area contributed by atoms with Crippen molar-refractivity contribution in [2.75, 3.05) is 6.54 Å². The average Bonchev–Trinajstić information content (AvgIpc) is 2.86. The van der Waals surface area contributed by atoms with E-state index in [1.165, 1.54) is 12.0 Å². The lowest BCUT2D eigenvalue weighted by atomic mass is 9.63. The molecule has 1 amide bonds. The van der Waals surface area contributed by atoms with Gasteiger partial charge < -0.3 is 11.1 Å². The van der Waals surface area contributed by atoms with Crippen molar-refractivity contribution in [1.29, 1.82) is 0 Å². The van der Waals surface area contributed by atoms with Crippen LogP contribution >= 0.6 is 12.4 Å². The molecule has 0 radical (unpaired) electrons. The van der Waals surface area contributed by atoms with Crippen LogP contribution in [0.2, 0.25) is 0 Å². The van der Waals surface area contributed by atoms with Crippen LogP contribution in [0.15, 0.2) is 30.3 Å². The number of halogens is 1. The molecule has 1 aromatic carbocycles. The Bertz CT molecular complexity index is 473. The van der Waals surface area contributed by atoms with Gasteiger partial charge in [-0.15, -0.1) is 12.4 Å². The highest BCUT2D eigenvalue weighted by Crippen LogP contribution is 2.44. The van der Waals surface area contributed by atoms with Gasteiger partial charge in [0.1, 0.15) is 0 Å². The van der Waals surface area contributed by atoms with Gasteiger partial charge in [-0.25, -0.2) is 0 Å². The Kier molecular flexibility index (Phi) is 5.28.